The Bertz CT molecular complexity index is 445. The molecule has 4 heteroatoms. The van der Waals surface area contributed by atoms with Crippen LogP contribution in [0.15, 0.2) is 17.0 Å². The lowest BCUT2D eigenvalue weighted by Gasteiger charge is -2.28. The van der Waals surface area contributed by atoms with E-state index in [4.69, 9.17) is 5.11 Å². The molecule has 0 spiro atoms. The number of hydrogen-bond donors (Lipinski definition) is 2. The van der Waals surface area contributed by atoms with Crippen LogP contribution >= 0.6 is 11.8 Å². The first kappa shape index (κ1) is 12.3. The van der Waals surface area contributed by atoms with Crippen LogP contribution in [0.1, 0.15) is 24.0 Å². The molecule has 17 heavy (non-hydrogen) atoms. The normalized spacial score (nSPS) is 18.4. The molecule has 1 aliphatic heterocycles. The van der Waals surface area contributed by atoms with Gasteiger partial charge in [0.25, 0.3) is 0 Å². The number of aliphatic carboxylic acids is 1. The van der Waals surface area contributed by atoms with E-state index in [0.717, 1.165) is 5.75 Å². The van der Waals surface area contributed by atoms with Gasteiger partial charge in [-0.1, -0.05) is 12.1 Å². The molecule has 0 bridgehead atoms. The second-order valence-corrected chi connectivity index (χ2v) is 5.52. The third-order valence-corrected chi connectivity index (χ3v) is 4.43. The lowest BCUT2D eigenvalue weighted by Crippen LogP contribution is -2.27. The van der Waals surface area contributed by atoms with E-state index >= 15 is 0 Å². The third kappa shape index (κ3) is 2.75. The van der Waals surface area contributed by atoms with E-state index in [1.54, 1.807) is 0 Å². The Kier molecular flexibility index (Phi) is 3.62. The number of hydrogen-bond acceptors (Lipinski definition) is 3. The Labute approximate surface area is 106 Å². The number of carbonyl (C=O) groups is 1. The topological polar surface area (TPSA) is 49.3 Å². The molecule has 0 amide bonds. The fraction of sp³-hybridized carbons (Fsp3) is 0.462. The summed E-state index contributed by atoms with van der Waals surface area (Å²) >= 11 is 1.83. The molecule has 1 unspecified atom stereocenters. The highest BCUT2D eigenvalue weighted by atomic mass is 32.2. The van der Waals surface area contributed by atoms with Crippen molar-refractivity contribution in [2.75, 3.05) is 11.1 Å². The molecule has 0 aromatic heterocycles. The number of anilines is 1. The summed E-state index contributed by atoms with van der Waals surface area (Å²) in [4.78, 5) is 11.9. The molecule has 2 N–H and O–H groups in total. The number of nitrogens with one attached hydrogen (secondary N) is 1. The van der Waals surface area contributed by atoms with Gasteiger partial charge in [0.05, 0.1) is 5.69 Å². The van der Waals surface area contributed by atoms with Crippen LogP contribution < -0.4 is 5.32 Å². The maximum Gasteiger partial charge on any atom is 0.303 e. The predicted molar refractivity (Wildman–Crippen MR) is 70.9 cm³/mol. The first-order valence-electron chi connectivity index (χ1n) is 5.79. The number of carboxylic acid groups (broad SMARTS) is 1. The molecule has 1 atom stereocenters. The molecule has 0 fully saturated rings. The van der Waals surface area contributed by atoms with Crippen LogP contribution in [0.3, 0.4) is 0 Å². The Morgan fingerprint density at radius 3 is 2.88 bits per heavy atom. The summed E-state index contributed by atoms with van der Waals surface area (Å²) in [6.45, 7) is 4.20. The van der Waals surface area contributed by atoms with E-state index in [-0.39, 0.29) is 12.5 Å². The van der Waals surface area contributed by atoms with Crippen LogP contribution in [-0.2, 0) is 4.79 Å². The zero-order chi connectivity index (χ0) is 12.4. The van der Waals surface area contributed by atoms with Crippen LogP contribution in [0.5, 0.6) is 0 Å². The summed E-state index contributed by atoms with van der Waals surface area (Å²) in [5.41, 5.74) is 3.72. The number of rotatable bonds is 3. The first-order valence-corrected chi connectivity index (χ1v) is 6.78. The molecule has 0 saturated carbocycles. The predicted octanol–water partition coefficient (Wildman–Crippen LogP) is 3.05. The second-order valence-electron chi connectivity index (χ2n) is 4.49. The van der Waals surface area contributed by atoms with E-state index in [1.807, 2.05) is 11.8 Å². The van der Waals surface area contributed by atoms with Gasteiger partial charge in [-0.15, -0.1) is 11.8 Å². The number of aryl methyl sites for hydroxylation is 2. The van der Waals surface area contributed by atoms with E-state index in [2.05, 4.69) is 31.3 Å². The van der Waals surface area contributed by atoms with Crippen molar-refractivity contribution >= 4 is 23.4 Å². The molecular weight excluding hydrogens is 234 g/mol. The minimum Gasteiger partial charge on any atom is -0.481 e. The van der Waals surface area contributed by atoms with Gasteiger partial charge in [0.1, 0.15) is 0 Å². The van der Waals surface area contributed by atoms with Crippen LogP contribution in [0, 0.1) is 13.8 Å². The SMILES string of the molecule is Cc1ccc(C)c2c1NC(CCC(=O)O)CS2. The average molecular weight is 251 g/mol. The van der Waals surface area contributed by atoms with Crippen molar-refractivity contribution in [1.82, 2.24) is 0 Å². The van der Waals surface area contributed by atoms with Crippen molar-refractivity contribution in [3.8, 4) is 0 Å². The van der Waals surface area contributed by atoms with E-state index in [1.165, 1.54) is 21.7 Å². The minimum absolute atomic E-state index is 0.235. The third-order valence-electron chi connectivity index (χ3n) is 3.05. The van der Waals surface area contributed by atoms with Crippen LogP contribution in [0.4, 0.5) is 5.69 Å². The minimum atomic E-state index is -0.719. The molecule has 1 aromatic carbocycles. The summed E-state index contributed by atoms with van der Waals surface area (Å²) in [6.07, 6.45) is 0.924. The molecule has 1 heterocycles. The summed E-state index contributed by atoms with van der Waals surface area (Å²) < 4.78 is 0. The van der Waals surface area contributed by atoms with Gasteiger partial charge < -0.3 is 10.4 Å². The molecule has 0 aliphatic carbocycles. The quantitative estimate of drug-likeness (QED) is 0.867. The van der Waals surface area contributed by atoms with Gasteiger partial charge in [0.15, 0.2) is 0 Å². The Balaban J connectivity index is 2.13. The molecular formula is C13H17NO2S. The zero-order valence-corrected chi connectivity index (χ0v) is 10.9. The lowest BCUT2D eigenvalue weighted by molar-refractivity contribution is -0.137. The highest BCUT2D eigenvalue weighted by Gasteiger charge is 2.21. The van der Waals surface area contributed by atoms with Crippen molar-refractivity contribution in [3.05, 3.63) is 23.3 Å². The molecule has 1 aromatic rings. The maximum atomic E-state index is 10.6. The maximum absolute atomic E-state index is 10.6. The average Bonchev–Trinajstić information content (AvgIpc) is 2.31. The van der Waals surface area contributed by atoms with Crippen molar-refractivity contribution in [3.63, 3.8) is 0 Å². The summed E-state index contributed by atoms with van der Waals surface area (Å²) in [7, 11) is 0. The summed E-state index contributed by atoms with van der Waals surface area (Å²) in [5, 5.41) is 12.2. The van der Waals surface area contributed by atoms with Gasteiger partial charge in [-0.3, -0.25) is 4.79 Å². The molecule has 0 radical (unpaired) electrons. The standard InChI is InChI=1S/C13H17NO2S/c1-8-3-4-9(2)13-12(8)14-10(7-17-13)5-6-11(15)16/h3-4,10,14H,5-7H2,1-2H3,(H,15,16). The number of benzene rings is 1. The van der Waals surface area contributed by atoms with Crippen LogP contribution in [0.2, 0.25) is 0 Å². The van der Waals surface area contributed by atoms with Gasteiger partial charge in [0, 0.05) is 23.1 Å². The monoisotopic (exact) mass is 251 g/mol. The number of thioether (sulfide) groups is 1. The molecule has 3 nitrogen and oxygen atoms in total. The van der Waals surface area contributed by atoms with Crippen molar-refractivity contribution in [1.29, 1.82) is 0 Å². The van der Waals surface area contributed by atoms with Gasteiger partial charge in [-0.2, -0.15) is 0 Å². The zero-order valence-electron chi connectivity index (χ0n) is 10.1. The highest BCUT2D eigenvalue weighted by molar-refractivity contribution is 7.99. The summed E-state index contributed by atoms with van der Waals surface area (Å²) in [5.74, 6) is 0.230. The fourth-order valence-electron chi connectivity index (χ4n) is 2.03. The van der Waals surface area contributed by atoms with Crippen molar-refractivity contribution < 1.29 is 9.90 Å². The lowest BCUT2D eigenvalue weighted by atomic mass is 10.1. The van der Waals surface area contributed by atoms with Crippen molar-refractivity contribution in [2.45, 2.75) is 37.6 Å². The molecule has 92 valence electrons. The van der Waals surface area contributed by atoms with Crippen LogP contribution in [-0.4, -0.2) is 22.9 Å². The smallest absolute Gasteiger partial charge is 0.303 e. The van der Waals surface area contributed by atoms with Gasteiger partial charge in [0.2, 0.25) is 0 Å². The Morgan fingerprint density at radius 2 is 2.18 bits per heavy atom. The largest absolute Gasteiger partial charge is 0.481 e. The first-order chi connectivity index (χ1) is 8.08. The molecule has 2 rings (SSSR count). The van der Waals surface area contributed by atoms with E-state index < -0.39 is 5.97 Å². The van der Waals surface area contributed by atoms with Gasteiger partial charge >= 0.3 is 5.97 Å². The summed E-state index contributed by atoms with van der Waals surface area (Å²) in [6, 6.07) is 4.52. The van der Waals surface area contributed by atoms with E-state index in [9.17, 15) is 4.79 Å². The fourth-order valence-corrected chi connectivity index (χ4v) is 3.31. The van der Waals surface area contributed by atoms with E-state index in [0.29, 0.717) is 6.42 Å². The highest BCUT2D eigenvalue weighted by Crippen LogP contribution is 2.38. The Hall–Kier alpha value is -1.16. The van der Waals surface area contributed by atoms with Gasteiger partial charge in [-0.25, -0.2) is 0 Å². The number of carboxylic acids is 1. The van der Waals surface area contributed by atoms with Gasteiger partial charge in [-0.05, 0) is 31.4 Å². The van der Waals surface area contributed by atoms with Crippen molar-refractivity contribution in [2.24, 2.45) is 0 Å². The second kappa shape index (κ2) is 5.00. The van der Waals surface area contributed by atoms with Crippen LogP contribution in [0.25, 0.3) is 0 Å². The molecule has 1 aliphatic rings. The number of fused-ring (bicyclic) bond motifs is 1. The Morgan fingerprint density at radius 1 is 1.47 bits per heavy atom. The molecule has 0 saturated heterocycles.